The SMILES string of the molecule is CCCCCCCC(=O)OC[C@H](COC(=O)CCCCCCCCC(C)C)OC(=O)CCCCCCCCCCCCCCCCCCCCC(C)CC. The number of ether oxygens (including phenoxy) is 3. The minimum Gasteiger partial charge on any atom is -0.462 e. The van der Waals surface area contributed by atoms with Crippen LogP contribution in [0.5, 0.6) is 0 Å². The van der Waals surface area contributed by atoms with Crippen molar-refractivity contribution >= 4 is 17.9 Å². The molecule has 0 bridgehead atoms. The fourth-order valence-corrected chi connectivity index (χ4v) is 7.07. The first-order valence-electron chi connectivity index (χ1n) is 23.8. The van der Waals surface area contributed by atoms with Gasteiger partial charge in [-0.15, -0.1) is 0 Å². The number of carbonyl (C=O) groups excluding carboxylic acids is 3. The maximum atomic E-state index is 12.7. The molecule has 0 aliphatic carbocycles. The average molecular weight is 765 g/mol. The summed E-state index contributed by atoms with van der Waals surface area (Å²) in [5.41, 5.74) is 0. The topological polar surface area (TPSA) is 78.9 Å². The van der Waals surface area contributed by atoms with E-state index in [1.165, 1.54) is 141 Å². The molecule has 0 rings (SSSR count). The Morgan fingerprint density at radius 3 is 1.06 bits per heavy atom. The molecule has 6 heteroatoms. The maximum absolute atomic E-state index is 12.7. The molecule has 0 fully saturated rings. The lowest BCUT2D eigenvalue weighted by atomic mass is 9.99. The Bertz CT molecular complexity index is 826. The molecule has 2 atom stereocenters. The van der Waals surface area contributed by atoms with Crippen LogP contribution in [0.1, 0.15) is 259 Å². The standard InChI is InChI=1S/C48H92O6/c1-6-8-9-26-33-38-46(49)52-41-45(42-53-47(50)39-34-29-25-24-27-31-36-43(3)4)54-48(51)40-35-30-23-21-19-17-15-13-11-10-12-14-16-18-20-22-28-32-37-44(5)7-2/h43-45H,6-42H2,1-5H3/t44?,45-/m1/s1. The van der Waals surface area contributed by atoms with Crippen molar-refractivity contribution in [2.45, 2.75) is 265 Å². The predicted molar refractivity (Wildman–Crippen MR) is 229 cm³/mol. The molecule has 0 spiro atoms. The zero-order valence-corrected chi connectivity index (χ0v) is 36.8. The number of carbonyl (C=O) groups is 3. The Hall–Kier alpha value is -1.59. The van der Waals surface area contributed by atoms with E-state index >= 15 is 0 Å². The van der Waals surface area contributed by atoms with Crippen molar-refractivity contribution in [1.29, 1.82) is 0 Å². The Labute approximate surface area is 336 Å². The highest BCUT2D eigenvalue weighted by Crippen LogP contribution is 2.17. The van der Waals surface area contributed by atoms with Gasteiger partial charge >= 0.3 is 17.9 Å². The van der Waals surface area contributed by atoms with Crippen LogP contribution in [0.2, 0.25) is 0 Å². The molecule has 0 aliphatic heterocycles. The molecule has 320 valence electrons. The molecule has 0 aromatic rings. The first kappa shape index (κ1) is 52.4. The smallest absolute Gasteiger partial charge is 0.306 e. The highest BCUT2D eigenvalue weighted by atomic mass is 16.6. The summed E-state index contributed by atoms with van der Waals surface area (Å²) >= 11 is 0. The van der Waals surface area contributed by atoms with Gasteiger partial charge in [0.15, 0.2) is 6.10 Å². The molecule has 0 amide bonds. The molecular weight excluding hydrogens is 673 g/mol. The molecule has 0 aliphatic rings. The highest BCUT2D eigenvalue weighted by molar-refractivity contribution is 5.71. The van der Waals surface area contributed by atoms with E-state index in [4.69, 9.17) is 14.2 Å². The number of esters is 3. The van der Waals surface area contributed by atoms with Crippen LogP contribution in [-0.4, -0.2) is 37.2 Å². The lowest BCUT2D eigenvalue weighted by Crippen LogP contribution is -2.30. The van der Waals surface area contributed by atoms with Gasteiger partial charge in [0.05, 0.1) is 0 Å². The van der Waals surface area contributed by atoms with Crippen LogP contribution in [-0.2, 0) is 28.6 Å². The van der Waals surface area contributed by atoms with Gasteiger partial charge in [0.2, 0.25) is 0 Å². The summed E-state index contributed by atoms with van der Waals surface area (Å²) in [5.74, 6) is 0.798. The van der Waals surface area contributed by atoms with Gasteiger partial charge in [0, 0.05) is 19.3 Å². The molecule has 0 aromatic carbocycles. The summed E-state index contributed by atoms with van der Waals surface area (Å²) in [6.07, 6.45) is 40.0. The van der Waals surface area contributed by atoms with Crippen molar-refractivity contribution in [3.8, 4) is 0 Å². The number of hydrogen-bond acceptors (Lipinski definition) is 6. The predicted octanol–water partition coefficient (Wildman–Crippen LogP) is 15.0. The van der Waals surface area contributed by atoms with Crippen molar-refractivity contribution < 1.29 is 28.6 Å². The van der Waals surface area contributed by atoms with Crippen LogP contribution in [0, 0.1) is 11.8 Å². The first-order valence-corrected chi connectivity index (χ1v) is 23.8. The molecular formula is C48H92O6. The number of unbranched alkanes of at least 4 members (excludes halogenated alkanes) is 26. The quantitative estimate of drug-likeness (QED) is 0.0350. The molecule has 0 N–H and O–H groups in total. The summed E-state index contributed by atoms with van der Waals surface area (Å²) in [6.45, 7) is 11.2. The van der Waals surface area contributed by atoms with Crippen LogP contribution in [0.4, 0.5) is 0 Å². The lowest BCUT2D eigenvalue weighted by molar-refractivity contribution is -0.167. The largest absolute Gasteiger partial charge is 0.462 e. The highest BCUT2D eigenvalue weighted by Gasteiger charge is 2.19. The fraction of sp³-hybridized carbons (Fsp3) is 0.938. The van der Waals surface area contributed by atoms with Gasteiger partial charge < -0.3 is 14.2 Å². The number of hydrogen-bond donors (Lipinski definition) is 0. The fourth-order valence-electron chi connectivity index (χ4n) is 7.07. The maximum Gasteiger partial charge on any atom is 0.306 e. The van der Waals surface area contributed by atoms with Crippen LogP contribution < -0.4 is 0 Å². The average Bonchev–Trinajstić information content (AvgIpc) is 3.15. The van der Waals surface area contributed by atoms with Gasteiger partial charge in [-0.25, -0.2) is 0 Å². The van der Waals surface area contributed by atoms with Crippen LogP contribution in [0.15, 0.2) is 0 Å². The second kappa shape index (κ2) is 41.1. The molecule has 0 saturated carbocycles. The van der Waals surface area contributed by atoms with Crippen molar-refractivity contribution in [2.75, 3.05) is 13.2 Å². The third kappa shape index (κ3) is 40.1. The van der Waals surface area contributed by atoms with Gasteiger partial charge in [-0.1, -0.05) is 221 Å². The molecule has 1 unspecified atom stereocenters. The van der Waals surface area contributed by atoms with Gasteiger partial charge in [-0.2, -0.15) is 0 Å². The zero-order valence-electron chi connectivity index (χ0n) is 36.8. The normalized spacial score (nSPS) is 12.6. The van der Waals surface area contributed by atoms with Gasteiger partial charge in [0.25, 0.3) is 0 Å². The van der Waals surface area contributed by atoms with Gasteiger partial charge in [0.1, 0.15) is 13.2 Å². The van der Waals surface area contributed by atoms with Crippen LogP contribution in [0.3, 0.4) is 0 Å². The van der Waals surface area contributed by atoms with E-state index in [1.807, 2.05) is 0 Å². The Morgan fingerprint density at radius 1 is 0.389 bits per heavy atom. The Morgan fingerprint density at radius 2 is 0.704 bits per heavy atom. The first-order chi connectivity index (χ1) is 26.3. The summed E-state index contributed by atoms with van der Waals surface area (Å²) < 4.78 is 16.6. The van der Waals surface area contributed by atoms with Crippen LogP contribution >= 0.6 is 0 Å². The van der Waals surface area contributed by atoms with Crippen molar-refractivity contribution in [1.82, 2.24) is 0 Å². The molecule has 0 aromatic heterocycles. The zero-order chi connectivity index (χ0) is 39.7. The third-order valence-corrected chi connectivity index (χ3v) is 11.1. The van der Waals surface area contributed by atoms with E-state index in [9.17, 15) is 14.4 Å². The van der Waals surface area contributed by atoms with Crippen molar-refractivity contribution in [2.24, 2.45) is 11.8 Å². The molecule has 54 heavy (non-hydrogen) atoms. The van der Waals surface area contributed by atoms with Crippen molar-refractivity contribution in [3.63, 3.8) is 0 Å². The van der Waals surface area contributed by atoms with Crippen molar-refractivity contribution in [3.05, 3.63) is 0 Å². The lowest BCUT2D eigenvalue weighted by Gasteiger charge is -2.18. The van der Waals surface area contributed by atoms with E-state index in [1.54, 1.807) is 0 Å². The van der Waals surface area contributed by atoms with E-state index < -0.39 is 6.10 Å². The van der Waals surface area contributed by atoms with E-state index in [2.05, 4.69) is 34.6 Å². The second-order valence-electron chi connectivity index (χ2n) is 17.1. The van der Waals surface area contributed by atoms with Gasteiger partial charge in [-0.05, 0) is 31.1 Å². The molecule has 0 saturated heterocycles. The van der Waals surface area contributed by atoms with E-state index in [0.717, 1.165) is 76.0 Å². The van der Waals surface area contributed by atoms with Gasteiger partial charge in [-0.3, -0.25) is 14.4 Å². The third-order valence-electron chi connectivity index (χ3n) is 11.1. The van der Waals surface area contributed by atoms with Crippen LogP contribution in [0.25, 0.3) is 0 Å². The van der Waals surface area contributed by atoms with E-state index in [0.29, 0.717) is 19.3 Å². The monoisotopic (exact) mass is 765 g/mol. The minimum atomic E-state index is -0.759. The minimum absolute atomic E-state index is 0.0671. The molecule has 0 radical (unpaired) electrons. The number of rotatable bonds is 42. The molecule has 6 nitrogen and oxygen atoms in total. The second-order valence-corrected chi connectivity index (χ2v) is 17.1. The summed E-state index contributed by atoms with van der Waals surface area (Å²) in [4.78, 5) is 37.4. The Balaban J connectivity index is 4.04. The summed E-state index contributed by atoms with van der Waals surface area (Å²) in [5, 5.41) is 0. The summed E-state index contributed by atoms with van der Waals surface area (Å²) in [7, 11) is 0. The summed E-state index contributed by atoms with van der Waals surface area (Å²) in [6, 6.07) is 0. The van der Waals surface area contributed by atoms with E-state index in [-0.39, 0.29) is 31.1 Å². The Kier molecular flexibility index (Phi) is 39.8. The molecule has 0 heterocycles.